The molecule has 1 aromatic heterocycles. The molecule has 0 radical (unpaired) electrons. The zero-order valence-electron chi connectivity index (χ0n) is 24.0. The Balaban J connectivity index is 1.29. The normalized spacial score (nSPS) is 17.5. The van der Waals surface area contributed by atoms with Crippen LogP contribution in [0.2, 0.25) is 0 Å². The number of likely N-dealkylation sites (tertiary alicyclic amines) is 1. The molecule has 1 aliphatic heterocycles. The second-order valence-electron chi connectivity index (χ2n) is 10.6. The third kappa shape index (κ3) is 7.97. The first-order valence-electron chi connectivity index (χ1n) is 13.6. The Hall–Kier alpha value is -4.27. The largest absolute Gasteiger partial charge is 0.480 e. The molecule has 1 fully saturated rings. The zero-order chi connectivity index (χ0) is 31.3. The van der Waals surface area contributed by atoms with E-state index in [1.165, 1.54) is 4.90 Å². The van der Waals surface area contributed by atoms with Gasteiger partial charge in [-0.05, 0) is 56.5 Å². The number of carboxylic acids is 1. The smallest absolute Gasteiger partial charge is 0.407 e. The van der Waals surface area contributed by atoms with Crippen LogP contribution in [0.15, 0.2) is 53.4 Å². The number of aryl methyl sites for hydroxylation is 3. The van der Waals surface area contributed by atoms with Crippen molar-refractivity contribution in [3.8, 4) is 0 Å². The first-order chi connectivity index (χ1) is 20.3. The molecule has 5 N–H and O–H groups in total. The molecule has 2 amide bonds. The number of carbonyl (C=O) groups is 3. The minimum absolute atomic E-state index is 0.0105. The minimum Gasteiger partial charge on any atom is -0.480 e. The van der Waals surface area contributed by atoms with E-state index < -0.39 is 59.3 Å². The number of rotatable bonds is 12. The highest BCUT2D eigenvalue weighted by molar-refractivity contribution is 7.89. The maximum Gasteiger partial charge on any atom is 0.407 e. The maximum absolute atomic E-state index is 13.0. The number of nitrogens with one attached hydrogen (secondary N) is 3. The van der Waals surface area contributed by atoms with Gasteiger partial charge in [-0.3, -0.25) is 9.59 Å². The van der Waals surface area contributed by atoms with Crippen molar-refractivity contribution in [3.63, 3.8) is 0 Å². The van der Waals surface area contributed by atoms with E-state index in [4.69, 9.17) is 4.74 Å². The summed E-state index contributed by atoms with van der Waals surface area (Å²) in [4.78, 5) is 41.9. The topological polar surface area (TPSA) is 187 Å². The fourth-order valence-electron chi connectivity index (χ4n) is 5.29. The summed E-state index contributed by atoms with van der Waals surface area (Å²) < 4.78 is 33.8. The van der Waals surface area contributed by atoms with E-state index >= 15 is 0 Å². The third-order valence-electron chi connectivity index (χ3n) is 7.16. The van der Waals surface area contributed by atoms with Crippen molar-refractivity contribution in [1.82, 2.24) is 19.9 Å². The first kappa shape index (κ1) is 31.7. The second-order valence-corrected chi connectivity index (χ2v) is 12.2. The van der Waals surface area contributed by atoms with Crippen LogP contribution >= 0.6 is 0 Å². The lowest BCUT2D eigenvalue weighted by Crippen LogP contribution is -2.49. The fraction of sp³-hybridized carbons (Fsp3) is 0.379. The summed E-state index contributed by atoms with van der Waals surface area (Å²) in [6.45, 7) is 4.43. The number of hydrogen-bond acceptors (Lipinski definition) is 8. The summed E-state index contributed by atoms with van der Waals surface area (Å²) in [7, 11) is -4.20. The number of benzene rings is 2. The van der Waals surface area contributed by atoms with Gasteiger partial charge >= 0.3 is 12.1 Å². The van der Waals surface area contributed by atoms with Crippen LogP contribution in [0.3, 0.4) is 0 Å². The van der Waals surface area contributed by atoms with Crippen molar-refractivity contribution in [3.05, 3.63) is 65.2 Å². The highest BCUT2D eigenvalue weighted by Crippen LogP contribution is 2.23. The number of carbonyl (C=O) groups excluding carboxylic acids is 1. The predicted molar refractivity (Wildman–Crippen MR) is 159 cm³/mol. The number of sulfonamides is 1. The van der Waals surface area contributed by atoms with Crippen molar-refractivity contribution in [2.24, 2.45) is 0 Å². The average molecular weight is 614 g/mol. The van der Waals surface area contributed by atoms with E-state index in [1.807, 2.05) is 43.3 Å². The van der Waals surface area contributed by atoms with Gasteiger partial charge in [0.1, 0.15) is 18.5 Å². The molecule has 1 saturated heterocycles. The number of hydrogen-bond donors (Lipinski definition) is 5. The molecule has 3 aromatic rings. The third-order valence-corrected chi connectivity index (χ3v) is 8.94. The van der Waals surface area contributed by atoms with Gasteiger partial charge in [-0.1, -0.05) is 35.9 Å². The average Bonchev–Trinajstić information content (AvgIpc) is 3.35. The van der Waals surface area contributed by atoms with Gasteiger partial charge in [-0.2, -0.15) is 4.72 Å². The Morgan fingerprint density at radius 3 is 2.44 bits per heavy atom. The Labute approximate surface area is 249 Å². The summed E-state index contributed by atoms with van der Waals surface area (Å²) in [5.74, 6) is -1.53. The van der Waals surface area contributed by atoms with Crippen molar-refractivity contribution in [2.75, 3.05) is 31.6 Å². The zero-order valence-corrected chi connectivity index (χ0v) is 24.8. The summed E-state index contributed by atoms with van der Waals surface area (Å²) in [5, 5.41) is 25.8. The quantitative estimate of drug-likeness (QED) is 0.203. The molecule has 230 valence electrons. The molecule has 4 rings (SSSR count). The van der Waals surface area contributed by atoms with Crippen molar-refractivity contribution < 1.29 is 37.8 Å². The number of anilines is 1. The molecular weight excluding hydrogens is 578 g/mol. The number of aromatic nitrogens is 1. The molecule has 1 aliphatic rings. The number of aliphatic carboxylic acids is 1. The molecule has 14 heteroatoms. The molecule has 3 unspecified atom stereocenters. The first-order valence-corrected chi connectivity index (χ1v) is 15.1. The maximum atomic E-state index is 13.0. The van der Waals surface area contributed by atoms with E-state index in [0.29, 0.717) is 23.4 Å². The summed E-state index contributed by atoms with van der Waals surface area (Å²) in [6, 6.07) is 12.7. The van der Waals surface area contributed by atoms with Crippen molar-refractivity contribution in [1.29, 1.82) is 0 Å². The molecular formula is C29H35N5O8S. The Kier molecular flexibility index (Phi) is 9.84. The van der Waals surface area contributed by atoms with Gasteiger partial charge < -0.3 is 30.5 Å². The van der Waals surface area contributed by atoms with Gasteiger partial charge in [0, 0.05) is 18.5 Å². The van der Waals surface area contributed by atoms with Crippen LogP contribution < -0.4 is 15.4 Å². The van der Waals surface area contributed by atoms with Crippen LogP contribution in [0, 0.1) is 20.8 Å². The van der Waals surface area contributed by atoms with Gasteiger partial charge in [0.25, 0.3) is 0 Å². The lowest BCUT2D eigenvalue weighted by Gasteiger charge is -2.21. The van der Waals surface area contributed by atoms with Crippen molar-refractivity contribution >= 4 is 44.7 Å². The summed E-state index contributed by atoms with van der Waals surface area (Å²) in [6.07, 6.45) is -1.36. The molecule has 0 aliphatic carbocycles. The number of amides is 2. The molecule has 43 heavy (non-hydrogen) atoms. The lowest BCUT2D eigenvalue weighted by molar-refractivity contribution is -0.139. The number of carboxylic acid groups (broad SMARTS) is 2. The van der Waals surface area contributed by atoms with E-state index in [9.17, 15) is 33.0 Å². The van der Waals surface area contributed by atoms with Crippen LogP contribution in [0.25, 0.3) is 10.9 Å². The predicted octanol–water partition coefficient (Wildman–Crippen LogP) is 2.26. The minimum atomic E-state index is -4.20. The number of nitrogens with zero attached hydrogens (tertiary/aromatic N) is 2. The molecule has 0 bridgehead atoms. The summed E-state index contributed by atoms with van der Waals surface area (Å²) in [5.41, 5.74) is 2.62. The van der Waals surface area contributed by atoms with Crippen LogP contribution in [-0.2, 0) is 24.3 Å². The van der Waals surface area contributed by atoms with E-state index in [1.54, 1.807) is 26.0 Å². The van der Waals surface area contributed by atoms with Gasteiger partial charge in [-0.15, -0.1) is 0 Å². The van der Waals surface area contributed by atoms with Gasteiger partial charge in [0.05, 0.1) is 29.1 Å². The fourth-order valence-corrected chi connectivity index (χ4v) is 6.93. The van der Waals surface area contributed by atoms with E-state index in [2.05, 4.69) is 20.3 Å². The van der Waals surface area contributed by atoms with Gasteiger partial charge in [-0.25, -0.2) is 18.2 Å². The monoisotopic (exact) mass is 613 g/mol. The highest BCUT2D eigenvalue weighted by atomic mass is 32.2. The summed E-state index contributed by atoms with van der Waals surface area (Å²) >= 11 is 0. The molecule has 0 saturated carbocycles. The molecule has 2 aromatic carbocycles. The van der Waals surface area contributed by atoms with Crippen LogP contribution in [0.1, 0.15) is 23.1 Å². The number of para-hydroxylation sites is 1. The molecule has 13 nitrogen and oxygen atoms in total. The van der Waals surface area contributed by atoms with Gasteiger partial charge in [0.2, 0.25) is 15.9 Å². The van der Waals surface area contributed by atoms with Gasteiger partial charge in [0.15, 0.2) is 0 Å². The van der Waals surface area contributed by atoms with E-state index in [-0.39, 0.29) is 18.0 Å². The number of ether oxygens (including phenoxy) is 1. The van der Waals surface area contributed by atoms with Crippen LogP contribution in [0.5, 0.6) is 0 Å². The van der Waals surface area contributed by atoms with E-state index in [0.717, 1.165) is 16.5 Å². The Morgan fingerprint density at radius 2 is 1.77 bits per heavy atom. The molecule has 0 spiro atoms. The molecule has 3 atom stereocenters. The number of fused-ring (bicyclic) bond motifs is 1. The number of pyridine rings is 1. The lowest BCUT2D eigenvalue weighted by atomic mass is 10.1. The van der Waals surface area contributed by atoms with Crippen molar-refractivity contribution in [2.45, 2.75) is 50.3 Å². The SMILES string of the molecule is Cc1cc(C)c(S(=O)(=O)NC(CNC(=O)COC2CC(CNc3ccc4ccccc4n3)N(C(=O)O)C2)C(=O)O)c(C)c1. The Morgan fingerprint density at radius 1 is 1.07 bits per heavy atom. The van der Waals surface area contributed by atoms with Crippen LogP contribution in [0.4, 0.5) is 10.6 Å². The van der Waals surface area contributed by atoms with Crippen LogP contribution in [-0.4, -0.2) is 90.9 Å². The second kappa shape index (κ2) is 13.4. The Bertz CT molecular complexity index is 1610. The molecule has 2 heterocycles. The standard InChI is InChI=1S/C29H35N5O8S/c1-17-10-18(2)27(19(3)11-17)43(40,41)33-24(28(36)37)14-31-26(35)16-42-22-12-21(34(15-22)29(38)39)13-30-25-9-8-20-6-4-5-7-23(20)32-25/h4-11,21-22,24,33H,12-16H2,1-3H3,(H,30,32)(H,31,35)(H,36,37)(H,38,39). The highest BCUT2D eigenvalue weighted by Gasteiger charge is 2.36.